The van der Waals surface area contributed by atoms with Crippen LogP contribution in [0.25, 0.3) is 0 Å². The van der Waals surface area contributed by atoms with E-state index < -0.39 is 6.09 Å². The highest BCUT2D eigenvalue weighted by Gasteiger charge is 1.83. The van der Waals surface area contributed by atoms with Crippen LogP contribution in [-0.4, -0.2) is 30.5 Å². The minimum Gasteiger partial charge on any atom is -0.464 e. The number of ether oxygens (including phenoxy) is 2. The van der Waals surface area contributed by atoms with Crippen LogP contribution in [0.15, 0.2) is 5.16 Å². The highest BCUT2D eigenvalue weighted by Crippen LogP contribution is 1.68. The summed E-state index contributed by atoms with van der Waals surface area (Å²) < 4.78 is 8.65. The first-order valence-electron chi connectivity index (χ1n) is 3.60. The number of nitrogens with two attached hydrogens (primary N) is 2. The van der Waals surface area contributed by atoms with Crippen molar-refractivity contribution < 1.29 is 19.5 Å². The molecule has 0 saturated heterocycles. The van der Waals surface area contributed by atoms with Gasteiger partial charge in [0, 0.05) is 0 Å². The fraction of sp³-hybridized carbons (Fsp3) is 0.667. The van der Waals surface area contributed by atoms with Crippen molar-refractivity contribution in [2.45, 2.75) is 13.8 Å². The number of nitrogens with zero attached hydrogens (tertiary/aromatic N) is 1. The van der Waals surface area contributed by atoms with Crippen LogP contribution in [0.4, 0.5) is 4.79 Å². The quantitative estimate of drug-likeness (QED) is 0.243. The van der Waals surface area contributed by atoms with Gasteiger partial charge in [-0.3, -0.25) is 0 Å². The van der Waals surface area contributed by atoms with Gasteiger partial charge in [-0.15, -0.1) is 0 Å². The maximum atomic E-state index is 9.60. The molecule has 0 aromatic rings. The molecular weight excluding hydrogens is 178 g/mol. The molecule has 0 spiro atoms. The maximum absolute atomic E-state index is 9.60. The molecule has 0 aliphatic heterocycles. The lowest BCUT2D eigenvalue weighted by Crippen LogP contribution is -2.15. The third-order valence-electron chi connectivity index (χ3n) is 0.677. The number of hydrogen-bond acceptors (Lipinski definition) is 5. The van der Waals surface area contributed by atoms with Gasteiger partial charge in [0.15, 0.2) is 0 Å². The van der Waals surface area contributed by atoms with Gasteiger partial charge in [0.2, 0.25) is 0 Å². The predicted octanol–water partition coefficient (Wildman–Crippen LogP) is -0.172. The van der Waals surface area contributed by atoms with Crippen LogP contribution in [0, 0.1) is 0 Å². The van der Waals surface area contributed by atoms with Crippen LogP contribution in [0.3, 0.4) is 0 Å². The summed E-state index contributed by atoms with van der Waals surface area (Å²) in [5, 5.41) is 10.4. The van der Waals surface area contributed by atoms with E-state index in [1.807, 2.05) is 0 Å². The smallest absolute Gasteiger partial charge is 0.404 e. The Balaban J connectivity index is 0. The number of primary amides is 1. The van der Waals surface area contributed by atoms with Crippen LogP contribution in [0.5, 0.6) is 0 Å². The zero-order valence-corrected chi connectivity index (χ0v) is 7.69. The molecule has 0 aromatic carbocycles. The van der Waals surface area contributed by atoms with E-state index in [0.29, 0.717) is 13.2 Å². The van der Waals surface area contributed by atoms with Crippen molar-refractivity contribution in [1.82, 2.24) is 0 Å². The van der Waals surface area contributed by atoms with Gasteiger partial charge < -0.3 is 26.1 Å². The van der Waals surface area contributed by atoms with Gasteiger partial charge in [0.05, 0.1) is 13.2 Å². The molecule has 0 saturated carbocycles. The highest BCUT2D eigenvalue weighted by atomic mass is 16.5. The Morgan fingerprint density at radius 3 is 1.85 bits per heavy atom. The molecule has 0 unspecified atom stereocenters. The fourth-order valence-electron chi connectivity index (χ4n) is 0.319. The summed E-state index contributed by atoms with van der Waals surface area (Å²) in [4.78, 5) is 9.60. The normalized spacial score (nSPS) is 9.54. The molecule has 0 heterocycles. The van der Waals surface area contributed by atoms with Crippen LogP contribution >= 0.6 is 0 Å². The lowest BCUT2D eigenvalue weighted by molar-refractivity contribution is 0.163. The summed E-state index contributed by atoms with van der Waals surface area (Å²) in [6.07, 6.45) is -0.711. The molecule has 5 N–H and O–H groups in total. The van der Waals surface area contributed by atoms with Gasteiger partial charge in [0.1, 0.15) is 0 Å². The first-order valence-corrected chi connectivity index (χ1v) is 3.60. The molecule has 13 heavy (non-hydrogen) atoms. The molecule has 0 fully saturated rings. The Bertz CT molecular complexity index is 160. The average molecular weight is 193 g/mol. The lowest BCUT2D eigenvalue weighted by atomic mass is 10.9. The average Bonchev–Trinajstić information content (AvgIpc) is 2.05. The number of oxime groups is 1. The third kappa shape index (κ3) is 17.9. The van der Waals surface area contributed by atoms with E-state index in [2.05, 4.69) is 20.4 Å². The first kappa shape index (κ1) is 13.9. The topological polar surface area (TPSA) is 120 Å². The summed E-state index contributed by atoms with van der Waals surface area (Å²) in [5.41, 5.74) is 9.40. The summed E-state index contributed by atoms with van der Waals surface area (Å²) in [6, 6.07) is -0.192. The minimum absolute atomic E-state index is 0.192. The number of carbonyl (C=O) groups is 1. The van der Waals surface area contributed by atoms with Crippen LogP contribution < -0.4 is 11.5 Å². The number of rotatable bonds is 2. The second-order valence-corrected chi connectivity index (χ2v) is 1.62. The van der Waals surface area contributed by atoms with Gasteiger partial charge in [-0.05, 0) is 19.0 Å². The van der Waals surface area contributed by atoms with Crippen LogP contribution in [0.1, 0.15) is 13.8 Å². The van der Waals surface area contributed by atoms with E-state index in [1.54, 1.807) is 13.8 Å². The predicted molar refractivity (Wildman–Crippen MR) is 46.2 cm³/mol. The molecule has 0 aliphatic rings. The molecular formula is C6H15N3O4. The first-order chi connectivity index (χ1) is 6.08. The van der Waals surface area contributed by atoms with Crippen molar-refractivity contribution in [3.8, 4) is 0 Å². The molecule has 0 bridgehead atoms. The minimum atomic E-state index is -0.711. The van der Waals surface area contributed by atoms with Gasteiger partial charge in [-0.2, -0.15) is 0 Å². The Hall–Kier alpha value is -1.66. The van der Waals surface area contributed by atoms with E-state index >= 15 is 0 Å². The SMILES string of the molecule is CCOC(N)=NO.CCOC(N)=O. The van der Waals surface area contributed by atoms with Crippen molar-refractivity contribution in [3.05, 3.63) is 0 Å². The summed E-state index contributed by atoms with van der Waals surface area (Å²) in [7, 11) is 0. The molecule has 0 radical (unpaired) electrons. The number of carbonyl (C=O) groups excluding carboxylic acids is 1. The largest absolute Gasteiger partial charge is 0.464 e. The van der Waals surface area contributed by atoms with Crippen molar-refractivity contribution in [3.63, 3.8) is 0 Å². The summed E-state index contributed by atoms with van der Waals surface area (Å²) >= 11 is 0. The Labute approximate surface area is 76.3 Å². The second-order valence-electron chi connectivity index (χ2n) is 1.62. The second kappa shape index (κ2) is 10.3. The maximum Gasteiger partial charge on any atom is 0.404 e. The Morgan fingerprint density at radius 2 is 1.77 bits per heavy atom. The van der Waals surface area contributed by atoms with Crippen LogP contribution in [-0.2, 0) is 9.47 Å². The van der Waals surface area contributed by atoms with Gasteiger partial charge in [-0.1, -0.05) is 0 Å². The van der Waals surface area contributed by atoms with E-state index in [-0.39, 0.29) is 6.02 Å². The van der Waals surface area contributed by atoms with Gasteiger partial charge in [-0.25, -0.2) is 4.79 Å². The monoisotopic (exact) mass is 193 g/mol. The van der Waals surface area contributed by atoms with Crippen molar-refractivity contribution >= 4 is 12.1 Å². The van der Waals surface area contributed by atoms with Gasteiger partial charge in [0.25, 0.3) is 0 Å². The standard InChI is InChI=1S/C3H8N2O2.C3H7NO2/c1-2-7-3(4)5-6;1-2-6-3(4)5/h6H,2H2,1H3,(H2,4,5);2H2,1H3,(H2,4,5). The molecule has 78 valence electrons. The highest BCUT2D eigenvalue weighted by molar-refractivity contribution is 5.70. The van der Waals surface area contributed by atoms with E-state index in [4.69, 9.17) is 10.9 Å². The van der Waals surface area contributed by atoms with Crippen LogP contribution in [0.2, 0.25) is 0 Å². The number of hydrogen-bond donors (Lipinski definition) is 3. The third-order valence-corrected chi connectivity index (χ3v) is 0.677. The summed E-state index contributed by atoms with van der Waals surface area (Å²) in [5.74, 6) is 0. The molecule has 0 rings (SSSR count). The molecule has 1 amide bonds. The van der Waals surface area contributed by atoms with Crippen molar-refractivity contribution in [1.29, 1.82) is 0 Å². The number of amidine groups is 1. The van der Waals surface area contributed by atoms with E-state index in [0.717, 1.165) is 0 Å². The fourth-order valence-corrected chi connectivity index (χ4v) is 0.319. The van der Waals surface area contributed by atoms with Crippen molar-refractivity contribution in [2.75, 3.05) is 13.2 Å². The zero-order chi connectivity index (χ0) is 10.7. The Kier molecular flexibility index (Phi) is 11.1. The Morgan fingerprint density at radius 1 is 1.31 bits per heavy atom. The van der Waals surface area contributed by atoms with Crippen molar-refractivity contribution in [2.24, 2.45) is 16.6 Å². The number of amides is 1. The molecule has 7 nitrogen and oxygen atoms in total. The van der Waals surface area contributed by atoms with E-state index in [9.17, 15) is 4.79 Å². The molecule has 0 aliphatic carbocycles. The van der Waals surface area contributed by atoms with Gasteiger partial charge >= 0.3 is 12.1 Å². The summed E-state index contributed by atoms with van der Waals surface area (Å²) in [6.45, 7) is 4.23. The molecule has 0 atom stereocenters. The zero-order valence-electron chi connectivity index (χ0n) is 7.69. The molecule has 7 heteroatoms. The van der Waals surface area contributed by atoms with E-state index in [1.165, 1.54) is 0 Å². The lowest BCUT2D eigenvalue weighted by Gasteiger charge is -1.94. The molecule has 0 aromatic heterocycles.